The zero-order valence-electron chi connectivity index (χ0n) is 8.84. The number of thiol groups is 1. The summed E-state index contributed by atoms with van der Waals surface area (Å²) in [5.74, 6) is -10.6. The van der Waals surface area contributed by atoms with Crippen molar-refractivity contribution in [2.24, 2.45) is 0 Å². The molecular weight excluding hydrogens is 288 g/mol. The lowest BCUT2D eigenvalue weighted by atomic mass is 10.0. The van der Waals surface area contributed by atoms with E-state index in [0.717, 1.165) is 6.20 Å². The molecule has 1 aromatic heterocycles. The molecule has 1 heterocycles. The van der Waals surface area contributed by atoms with E-state index in [0.29, 0.717) is 0 Å². The van der Waals surface area contributed by atoms with Crippen LogP contribution in [0.4, 0.5) is 17.6 Å². The van der Waals surface area contributed by atoms with Gasteiger partial charge in [0.05, 0.1) is 16.8 Å². The first-order valence-electron chi connectivity index (χ1n) is 4.68. The number of nitrogens with zero attached hydrogens (tertiary/aromatic N) is 1. The van der Waals surface area contributed by atoms with Crippen LogP contribution in [0.3, 0.4) is 0 Å². The fraction of sp³-hybridized carbons (Fsp3) is 0. The molecule has 0 saturated carbocycles. The quantitative estimate of drug-likeness (QED) is 0.345. The number of aromatic amines is 1. The molecule has 0 aliphatic carbocycles. The minimum Gasteiger partial charge on any atom is -0.478 e. The molecule has 2 aromatic rings. The van der Waals surface area contributed by atoms with Crippen molar-refractivity contribution in [2.45, 2.75) is 5.03 Å². The van der Waals surface area contributed by atoms with E-state index >= 15 is 0 Å². The summed E-state index contributed by atoms with van der Waals surface area (Å²) in [4.78, 5) is 16.7. The smallest absolute Gasteiger partial charge is 0.339 e. The number of carbonyl (C=O) groups is 1. The summed E-state index contributed by atoms with van der Waals surface area (Å²) in [7, 11) is 0. The van der Waals surface area contributed by atoms with Gasteiger partial charge in [-0.15, -0.1) is 12.6 Å². The van der Waals surface area contributed by atoms with Crippen molar-refractivity contribution < 1.29 is 27.5 Å². The number of carboxylic acid groups (broad SMARTS) is 1. The van der Waals surface area contributed by atoms with Crippen LogP contribution >= 0.6 is 12.6 Å². The maximum atomic E-state index is 13.6. The number of aromatic carboxylic acids is 1. The van der Waals surface area contributed by atoms with Crippen LogP contribution in [-0.4, -0.2) is 21.0 Å². The molecule has 0 atom stereocenters. The van der Waals surface area contributed by atoms with Gasteiger partial charge in [0.25, 0.3) is 0 Å². The van der Waals surface area contributed by atoms with Gasteiger partial charge in [-0.2, -0.15) is 0 Å². The van der Waals surface area contributed by atoms with E-state index < -0.39 is 46.2 Å². The molecule has 1 aromatic carbocycles. The van der Waals surface area contributed by atoms with Gasteiger partial charge in [0.15, 0.2) is 23.3 Å². The van der Waals surface area contributed by atoms with Crippen molar-refractivity contribution in [1.29, 1.82) is 0 Å². The van der Waals surface area contributed by atoms with Crippen LogP contribution < -0.4 is 0 Å². The van der Waals surface area contributed by atoms with E-state index in [4.69, 9.17) is 5.11 Å². The van der Waals surface area contributed by atoms with Gasteiger partial charge in [-0.05, 0) is 0 Å². The highest BCUT2D eigenvalue weighted by molar-refractivity contribution is 7.80. The molecule has 0 amide bonds. The third-order valence-corrected chi connectivity index (χ3v) is 2.51. The molecule has 0 aliphatic rings. The Kier molecular flexibility index (Phi) is 3.23. The Hall–Kier alpha value is -2.03. The van der Waals surface area contributed by atoms with E-state index in [1.165, 1.54) is 0 Å². The van der Waals surface area contributed by atoms with Crippen molar-refractivity contribution in [3.8, 4) is 11.4 Å². The molecular formula is C10H4F4N2O2S. The van der Waals surface area contributed by atoms with Gasteiger partial charge in [-0.1, -0.05) is 0 Å². The zero-order valence-corrected chi connectivity index (χ0v) is 9.73. The number of H-pyrrole nitrogens is 1. The highest BCUT2D eigenvalue weighted by Gasteiger charge is 2.31. The lowest BCUT2D eigenvalue weighted by molar-refractivity contribution is 0.0690. The maximum absolute atomic E-state index is 13.6. The average Bonchev–Trinajstić information content (AvgIpc) is 2.76. The fourth-order valence-electron chi connectivity index (χ4n) is 1.49. The molecule has 0 radical (unpaired) electrons. The second-order valence-electron chi connectivity index (χ2n) is 3.43. The molecule has 2 N–H and O–H groups in total. The standard InChI is InChI=1S/C10H4F4N2O2S/c11-5-3(9-15-1-2(19)16-9)4(10(17)18)6(12)8(14)7(5)13/h1,19H,(H,15,16)(H,17,18). The molecule has 100 valence electrons. The molecule has 0 unspecified atom stereocenters. The third kappa shape index (κ3) is 2.05. The summed E-state index contributed by atoms with van der Waals surface area (Å²) in [6.45, 7) is 0. The van der Waals surface area contributed by atoms with E-state index in [1.54, 1.807) is 0 Å². The van der Waals surface area contributed by atoms with Crippen LogP contribution in [0, 0.1) is 23.3 Å². The van der Waals surface area contributed by atoms with Crippen molar-refractivity contribution >= 4 is 18.6 Å². The monoisotopic (exact) mass is 292 g/mol. The first kappa shape index (κ1) is 13.4. The molecule has 9 heteroatoms. The predicted molar refractivity (Wildman–Crippen MR) is 58.1 cm³/mol. The Bertz CT molecular complexity index is 687. The summed E-state index contributed by atoms with van der Waals surface area (Å²) < 4.78 is 53.2. The highest BCUT2D eigenvalue weighted by Crippen LogP contribution is 2.31. The first-order valence-corrected chi connectivity index (χ1v) is 5.12. The van der Waals surface area contributed by atoms with Crippen molar-refractivity contribution in [2.75, 3.05) is 0 Å². The van der Waals surface area contributed by atoms with Gasteiger partial charge in [0.2, 0.25) is 0 Å². The van der Waals surface area contributed by atoms with Crippen LogP contribution in [0.2, 0.25) is 0 Å². The SMILES string of the molecule is O=C(O)c1c(F)c(F)c(F)c(F)c1-c1ncc(S)[nH]1. The number of nitrogens with one attached hydrogen (secondary N) is 1. The van der Waals surface area contributed by atoms with Gasteiger partial charge < -0.3 is 10.1 Å². The Balaban J connectivity index is 2.89. The number of hydrogen-bond donors (Lipinski definition) is 3. The summed E-state index contributed by atoms with van der Waals surface area (Å²) in [6.07, 6.45) is 1.07. The van der Waals surface area contributed by atoms with Crippen molar-refractivity contribution in [3.05, 3.63) is 35.0 Å². The Morgan fingerprint density at radius 1 is 1.16 bits per heavy atom. The Morgan fingerprint density at radius 3 is 2.21 bits per heavy atom. The molecule has 0 spiro atoms. The lowest BCUT2D eigenvalue weighted by Gasteiger charge is -2.08. The topological polar surface area (TPSA) is 66.0 Å². The molecule has 0 bridgehead atoms. The van der Waals surface area contributed by atoms with Crippen molar-refractivity contribution in [3.63, 3.8) is 0 Å². The van der Waals surface area contributed by atoms with Gasteiger partial charge in [0.1, 0.15) is 11.4 Å². The second-order valence-corrected chi connectivity index (χ2v) is 3.91. The lowest BCUT2D eigenvalue weighted by Crippen LogP contribution is -2.11. The van der Waals surface area contributed by atoms with E-state index in [-0.39, 0.29) is 5.03 Å². The number of imidazole rings is 1. The maximum Gasteiger partial charge on any atom is 0.339 e. The van der Waals surface area contributed by atoms with E-state index in [2.05, 4.69) is 22.6 Å². The summed E-state index contributed by atoms with van der Waals surface area (Å²) >= 11 is 3.80. The minimum absolute atomic E-state index is 0.107. The summed E-state index contributed by atoms with van der Waals surface area (Å²) in [6, 6.07) is 0. The average molecular weight is 292 g/mol. The number of benzene rings is 1. The number of aromatic nitrogens is 2. The number of hydrogen-bond acceptors (Lipinski definition) is 3. The molecule has 19 heavy (non-hydrogen) atoms. The molecule has 2 rings (SSSR count). The summed E-state index contributed by atoms with van der Waals surface area (Å²) in [5, 5.41) is 8.91. The fourth-order valence-corrected chi connectivity index (χ4v) is 1.66. The largest absolute Gasteiger partial charge is 0.478 e. The van der Waals surface area contributed by atoms with Gasteiger partial charge in [-0.3, -0.25) is 0 Å². The molecule has 0 saturated heterocycles. The second kappa shape index (κ2) is 4.57. The van der Waals surface area contributed by atoms with Crippen LogP contribution in [-0.2, 0) is 0 Å². The number of rotatable bonds is 2. The number of carboxylic acids is 1. The minimum atomic E-state index is -2.20. The zero-order chi connectivity index (χ0) is 14.3. The van der Waals surface area contributed by atoms with Gasteiger partial charge in [0, 0.05) is 0 Å². The first-order chi connectivity index (χ1) is 8.84. The molecule has 0 aliphatic heterocycles. The highest BCUT2D eigenvalue weighted by atomic mass is 32.1. The van der Waals surface area contributed by atoms with Gasteiger partial charge in [-0.25, -0.2) is 27.3 Å². The van der Waals surface area contributed by atoms with Crippen LogP contribution in [0.25, 0.3) is 11.4 Å². The Labute approximate surface area is 108 Å². The van der Waals surface area contributed by atoms with Gasteiger partial charge >= 0.3 is 5.97 Å². The Morgan fingerprint density at radius 2 is 1.74 bits per heavy atom. The van der Waals surface area contributed by atoms with E-state index in [1.807, 2.05) is 0 Å². The van der Waals surface area contributed by atoms with Crippen LogP contribution in [0.15, 0.2) is 11.2 Å². The van der Waals surface area contributed by atoms with E-state index in [9.17, 15) is 22.4 Å². The number of halogens is 4. The normalized spacial score (nSPS) is 10.8. The third-order valence-electron chi connectivity index (χ3n) is 2.28. The molecule has 0 fully saturated rings. The molecule has 4 nitrogen and oxygen atoms in total. The van der Waals surface area contributed by atoms with Crippen LogP contribution in [0.5, 0.6) is 0 Å². The van der Waals surface area contributed by atoms with Crippen LogP contribution in [0.1, 0.15) is 10.4 Å². The predicted octanol–water partition coefficient (Wildman–Crippen LogP) is 2.62. The summed E-state index contributed by atoms with van der Waals surface area (Å²) in [5.41, 5.74) is -2.36. The van der Waals surface area contributed by atoms with Crippen molar-refractivity contribution in [1.82, 2.24) is 9.97 Å².